The number of hydrogen-bond acceptors (Lipinski definition) is 6. The van der Waals surface area contributed by atoms with Crippen LogP contribution in [0.3, 0.4) is 0 Å². The van der Waals surface area contributed by atoms with Crippen molar-refractivity contribution in [3.8, 4) is 6.01 Å². The van der Waals surface area contributed by atoms with Gasteiger partial charge in [0.1, 0.15) is 0 Å². The zero-order chi connectivity index (χ0) is 17.3. The van der Waals surface area contributed by atoms with Gasteiger partial charge in [-0.1, -0.05) is 13.3 Å². The van der Waals surface area contributed by atoms with E-state index in [1.54, 1.807) is 0 Å². The molecule has 136 valence electrons. The highest BCUT2D eigenvalue weighted by atomic mass is 16.5. The van der Waals surface area contributed by atoms with Crippen molar-refractivity contribution in [2.45, 2.75) is 51.9 Å². The first-order valence-electron chi connectivity index (χ1n) is 9.53. The highest BCUT2D eigenvalue weighted by Gasteiger charge is 2.44. The van der Waals surface area contributed by atoms with Gasteiger partial charge in [0.2, 0.25) is 0 Å². The molecule has 1 aliphatic carbocycles. The fourth-order valence-electron chi connectivity index (χ4n) is 4.41. The maximum absolute atomic E-state index is 6.04. The second-order valence-electron chi connectivity index (χ2n) is 7.69. The number of nitrogen functional groups attached to an aromatic ring is 1. The first-order chi connectivity index (χ1) is 12.2. The minimum atomic E-state index is 0.348. The molecule has 0 bridgehead atoms. The molecule has 7 nitrogen and oxygen atoms in total. The lowest BCUT2D eigenvalue weighted by molar-refractivity contribution is 0.0214. The van der Waals surface area contributed by atoms with Crippen molar-refractivity contribution < 1.29 is 4.74 Å². The van der Waals surface area contributed by atoms with Gasteiger partial charge in [-0.05, 0) is 62.9 Å². The Morgan fingerprint density at radius 3 is 2.92 bits per heavy atom. The number of fused-ring (bicyclic) bond motifs is 1. The number of nitrogens with one attached hydrogen (secondary N) is 1. The van der Waals surface area contributed by atoms with E-state index >= 15 is 0 Å². The third-order valence-corrected chi connectivity index (χ3v) is 5.77. The summed E-state index contributed by atoms with van der Waals surface area (Å²) in [6.45, 7) is 5.09. The molecule has 0 radical (unpaired) electrons. The van der Waals surface area contributed by atoms with E-state index in [9.17, 15) is 0 Å². The number of hydrogen-bond donors (Lipinski definition) is 2. The van der Waals surface area contributed by atoms with E-state index in [4.69, 9.17) is 10.5 Å². The van der Waals surface area contributed by atoms with Crippen LogP contribution in [0, 0.1) is 11.3 Å². The quantitative estimate of drug-likeness (QED) is 0.781. The van der Waals surface area contributed by atoms with Crippen molar-refractivity contribution in [3.63, 3.8) is 0 Å². The molecule has 0 aromatic carbocycles. The smallest absolute Gasteiger partial charge is 0.336 e. The van der Waals surface area contributed by atoms with Crippen LogP contribution in [0.2, 0.25) is 0 Å². The van der Waals surface area contributed by atoms with Gasteiger partial charge in [0.15, 0.2) is 11.5 Å². The molecule has 0 amide bonds. The fraction of sp³-hybridized carbons (Fsp3) is 0.722. The van der Waals surface area contributed by atoms with E-state index in [0.29, 0.717) is 29.5 Å². The van der Waals surface area contributed by atoms with Gasteiger partial charge in [-0.15, -0.1) is 5.10 Å². The summed E-state index contributed by atoms with van der Waals surface area (Å²) in [6, 6.07) is 0.348. The number of ether oxygens (including phenoxy) is 1. The van der Waals surface area contributed by atoms with E-state index < -0.39 is 0 Å². The number of unbranched alkanes of at least 4 members (excludes halogenated alkanes) is 1. The van der Waals surface area contributed by atoms with Crippen molar-refractivity contribution in [1.29, 1.82) is 0 Å². The summed E-state index contributed by atoms with van der Waals surface area (Å²) in [6.07, 6.45) is 10.2. The van der Waals surface area contributed by atoms with E-state index in [-0.39, 0.29) is 0 Å². The number of nitrogens with zero attached hydrogens (tertiary/aromatic N) is 4. The highest BCUT2D eigenvalue weighted by molar-refractivity contribution is 5.59. The molecule has 2 aromatic rings. The predicted octanol–water partition coefficient (Wildman–Crippen LogP) is 2.21. The molecule has 0 unspecified atom stereocenters. The lowest BCUT2D eigenvalue weighted by Gasteiger charge is -2.50. The molecule has 2 aliphatic rings. The van der Waals surface area contributed by atoms with Crippen LogP contribution in [0.1, 0.15) is 51.1 Å². The second kappa shape index (κ2) is 6.78. The van der Waals surface area contributed by atoms with Crippen LogP contribution in [0.25, 0.3) is 5.65 Å². The maximum Gasteiger partial charge on any atom is 0.336 e. The normalized spacial score (nSPS) is 20.0. The van der Waals surface area contributed by atoms with Crippen LogP contribution in [0.4, 0.5) is 5.82 Å². The number of aromatic nitrogens is 4. The Hall–Kier alpha value is -1.89. The molecule has 3 N–H and O–H groups in total. The zero-order valence-electron chi connectivity index (χ0n) is 15.0. The standard InChI is InChI=1S/C18H28N6O/c1-2-3-8-25-17-22-15(19)16-21-12-14(24(16)23-17)9-13-10-18(11-13)4-6-20-7-5-18/h12-13,20H,2-11H2,1H3,(H2,19,22,23). The summed E-state index contributed by atoms with van der Waals surface area (Å²) in [7, 11) is 0. The molecule has 0 atom stereocenters. The molecule has 2 aromatic heterocycles. The fourth-order valence-corrected chi connectivity index (χ4v) is 4.41. The number of nitrogens with two attached hydrogens (primary N) is 1. The molecule has 3 heterocycles. The average molecular weight is 344 g/mol. The minimum absolute atomic E-state index is 0.348. The van der Waals surface area contributed by atoms with Gasteiger partial charge in [0, 0.05) is 0 Å². The summed E-state index contributed by atoms with van der Waals surface area (Å²) >= 11 is 0. The maximum atomic E-state index is 6.04. The molecular weight excluding hydrogens is 316 g/mol. The van der Waals surface area contributed by atoms with Gasteiger partial charge in [-0.3, -0.25) is 0 Å². The second-order valence-corrected chi connectivity index (χ2v) is 7.69. The van der Waals surface area contributed by atoms with E-state index in [2.05, 4.69) is 27.3 Å². The number of rotatable bonds is 6. The summed E-state index contributed by atoms with van der Waals surface area (Å²) in [5, 5.41) is 7.98. The van der Waals surface area contributed by atoms with Crippen LogP contribution in [0.5, 0.6) is 6.01 Å². The van der Waals surface area contributed by atoms with Crippen molar-refractivity contribution in [3.05, 3.63) is 11.9 Å². The van der Waals surface area contributed by atoms with Crippen LogP contribution >= 0.6 is 0 Å². The van der Waals surface area contributed by atoms with E-state index in [1.165, 1.54) is 38.8 Å². The minimum Gasteiger partial charge on any atom is -0.462 e. The van der Waals surface area contributed by atoms with Gasteiger partial charge >= 0.3 is 6.01 Å². The molecule has 1 spiro atoms. The number of anilines is 1. The lowest BCUT2D eigenvalue weighted by Crippen LogP contribution is -2.46. The van der Waals surface area contributed by atoms with Crippen molar-refractivity contribution >= 4 is 11.5 Å². The highest BCUT2D eigenvalue weighted by Crippen LogP contribution is 2.52. The third kappa shape index (κ3) is 3.29. The molecule has 7 heteroatoms. The lowest BCUT2D eigenvalue weighted by atomic mass is 9.57. The van der Waals surface area contributed by atoms with E-state index in [0.717, 1.165) is 30.9 Å². The number of imidazole rings is 1. The molecule has 1 saturated carbocycles. The van der Waals surface area contributed by atoms with Crippen molar-refractivity contribution in [1.82, 2.24) is 24.9 Å². The van der Waals surface area contributed by atoms with E-state index in [1.807, 2.05) is 10.7 Å². The molecule has 2 fully saturated rings. The Balaban J connectivity index is 1.46. The van der Waals surface area contributed by atoms with Gasteiger partial charge in [-0.25, -0.2) is 9.50 Å². The molecular formula is C18H28N6O. The zero-order valence-corrected chi connectivity index (χ0v) is 15.0. The Morgan fingerprint density at radius 2 is 2.16 bits per heavy atom. The molecule has 1 saturated heterocycles. The Morgan fingerprint density at radius 1 is 1.36 bits per heavy atom. The van der Waals surface area contributed by atoms with Gasteiger partial charge < -0.3 is 15.8 Å². The van der Waals surface area contributed by atoms with Gasteiger partial charge in [0.05, 0.1) is 18.5 Å². The first-order valence-corrected chi connectivity index (χ1v) is 9.53. The van der Waals surface area contributed by atoms with Crippen LogP contribution in [-0.4, -0.2) is 39.3 Å². The SMILES string of the molecule is CCCCOc1nc(N)c2ncc(CC3CC4(CCNCC4)C3)n2n1. The first kappa shape index (κ1) is 16.6. The molecule has 1 aliphatic heterocycles. The average Bonchev–Trinajstić information content (AvgIpc) is 2.98. The van der Waals surface area contributed by atoms with Crippen molar-refractivity contribution in [2.75, 3.05) is 25.4 Å². The van der Waals surface area contributed by atoms with Crippen molar-refractivity contribution in [2.24, 2.45) is 11.3 Å². The largest absolute Gasteiger partial charge is 0.462 e. The predicted molar refractivity (Wildman–Crippen MR) is 96.6 cm³/mol. The summed E-state index contributed by atoms with van der Waals surface area (Å²) < 4.78 is 7.47. The monoisotopic (exact) mass is 344 g/mol. The summed E-state index contributed by atoms with van der Waals surface area (Å²) in [5.74, 6) is 1.11. The van der Waals surface area contributed by atoms with Gasteiger partial charge in [0.25, 0.3) is 0 Å². The summed E-state index contributed by atoms with van der Waals surface area (Å²) in [4.78, 5) is 8.64. The summed E-state index contributed by atoms with van der Waals surface area (Å²) in [5.41, 5.74) is 8.38. The molecule has 4 rings (SSSR count). The van der Waals surface area contributed by atoms with Crippen LogP contribution < -0.4 is 15.8 Å². The Bertz CT molecular complexity index is 728. The van der Waals surface area contributed by atoms with Crippen LogP contribution in [-0.2, 0) is 6.42 Å². The third-order valence-electron chi connectivity index (χ3n) is 5.77. The molecule has 25 heavy (non-hydrogen) atoms. The Kier molecular flexibility index (Phi) is 4.50. The number of piperidine rings is 1. The Labute approximate surface area is 148 Å². The van der Waals surface area contributed by atoms with Crippen LogP contribution in [0.15, 0.2) is 6.20 Å². The topological polar surface area (TPSA) is 90.4 Å². The van der Waals surface area contributed by atoms with Gasteiger partial charge in [-0.2, -0.15) is 4.98 Å².